The van der Waals surface area contributed by atoms with Gasteiger partial charge in [0.25, 0.3) is 5.91 Å². The number of para-hydroxylation sites is 3. The number of amides is 2. The fourth-order valence-electron chi connectivity index (χ4n) is 4.67. The first-order valence-corrected chi connectivity index (χ1v) is 11.3. The predicted octanol–water partition coefficient (Wildman–Crippen LogP) is 5.63. The summed E-state index contributed by atoms with van der Waals surface area (Å²) in [5.74, 6) is 0.632. The topological polar surface area (TPSA) is 58.6 Å². The highest BCUT2D eigenvalue weighted by molar-refractivity contribution is 6.13. The quantitative estimate of drug-likeness (QED) is 0.588. The first-order chi connectivity index (χ1) is 15.7. The van der Waals surface area contributed by atoms with Crippen molar-refractivity contribution >= 4 is 17.5 Å². The van der Waals surface area contributed by atoms with E-state index in [1.165, 1.54) is 6.42 Å². The molecule has 1 heterocycles. The van der Waals surface area contributed by atoms with Gasteiger partial charge in [0.15, 0.2) is 5.75 Å². The first kappa shape index (κ1) is 20.3. The molecule has 5 nitrogen and oxygen atoms in total. The van der Waals surface area contributed by atoms with Crippen LogP contribution in [0.1, 0.15) is 54.1 Å². The van der Waals surface area contributed by atoms with Gasteiger partial charge in [0.1, 0.15) is 11.8 Å². The Morgan fingerprint density at radius 2 is 1.50 bits per heavy atom. The van der Waals surface area contributed by atoms with Crippen LogP contribution in [0.15, 0.2) is 78.9 Å². The van der Waals surface area contributed by atoms with Gasteiger partial charge in [0, 0.05) is 6.04 Å². The van der Waals surface area contributed by atoms with E-state index in [0.29, 0.717) is 22.7 Å². The molecule has 0 saturated heterocycles. The number of carbonyl (C=O) groups is 2. The second-order valence-corrected chi connectivity index (χ2v) is 8.40. The molecule has 0 aromatic heterocycles. The molecule has 32 heavy (non-hydrogen) atoms. The Kier molecular flexibility index (Phi) is 5.63. The van der Waals surface area contributed by atoms with Gasteiger partial charge in [-0.3, -0.25) is 14.5 Å². The van der Waals surface area contributed by atoms with Crippen molar-refractivity contribution in [3.8, 4) is 11.5 Å². The standard InChI is InChI=1S/C27H26N2O3/c30-26(28-20-13-5-2-6-14-20)25(19-11-3-1-4-12-19)29-22-16-8-10-18-24(22)32-23-17-9-7-15-21(23)27(29)31/h1,3-4,7-12,15-18,20,25H,2,5-6,13-14H2,(H,28,30). The van der Waals surface area contributed by atoms with Crippen molar-refractivity contribution in [2.75, 3.05) is 4.90 Å². The zero-order chi connectivity index (χ0) is 21.9. The fraction of sp³-hybridized carbons (Fsp3) is 0.259. The van der Waals surface area contributed by atoms with Crippen LogP contribution in [0.4, 0.5) is 5.69 Å². The van der Waals surface area contributed by atoms with Crippen molar-refractivity contribution in [1.29, 1.82) is 0 Å². The average molecular weight is 427 g/mol. The summed E-state index contributed by atoms with van der Waals surface area (Å²) in [7, 11) is 0. The number of hydrogen-bond donors (Lipinski definition) is 1. The highest BCUT2D eigenvalue weighted by atomic mass is 16.5. The molecule has 0 radical (unpaired) electrons. The van der Waals surface area contributed by atoms with Gasteiger partial charge in [-0.2, -0.15) is 0 Å². The van der Waals surface area contributed by atoms with Crippen molar-refractivity contribution < 1.29 is 14.3 Å². The van der Waals surface area contributed by atoms with Crippen molar-refractivity contribution in [2.24, 2.45) is 0 Å². The lowest BCUT2D eigenvalue weighted by Gasteiger charge is -2.33. The molecule has 1 fully saturated rings. The van der Waals surface area contributed by atoms with E-state index in [1.807, 2.05) is 66.7 Å². The molecule has 2 aliphatic rings. The number of carbonyl (C=O) groups excluding carboxylic acids is 2. The third-order valence-corrected chi connectivity index (χ3v) is 6.25. The van der Waals surface area contributed by atoms with E-state index < -0.39 is 6.04 Å². The van der Waals surface area contributed by atoms with Crippen LogP contribution in [0.3, 0.4) is 0 Å². The monoisotopic (exact) mass is 426 g/mol. The molecular formula is C27H26N2O3. The summed E-state index contributed by atoms with van der Waals surface area (Å²) in [6, 6.07) is 23.4. The lowest BCUT2D eigenvalue weighted by Crippen LogP contribution is -2.47. The van der Waals surface area contributed by atoms with Crippen LogP contribution in [0.5, 0.6) is 11.5 Å². The molecule has 1 atom stereocenters. The number of nitrogens with one attached hydrogen (secondary N) is 1. The maximum absolute atomic E-state index is 13.9. The van der Waals surface area contributed by atoms with E-state index in [2.05, 4.69) is 5.32 Å². The summed E-state index contributed by atoms with van der Waals surface area (Å²) in [5, 5.41) is 3.24. The van der Waals surface area contributed by atoms with Crippen molar-refractivity contribution in [1.82, 2.24) is 5.32 Å². The van der Waals surface area contributed by atoms with E-state index in [1.54, 1.807) is 17.0 Å². The van der Waals surface area contributed by atoms with Crippen LogP contribution in [-0.4, -0.2) is 17.9 Å². The van der Waals surface area contributed by atoms with Gasteiger partial charge in [-0.25, -0.2) is 0 Å². The third-order valence-electron chi connectivity index (χ3n) is 6.25. The van der Waals surface area contributed by atoms with Crippen molar-refractivity contribution in [3.05, 3.63) is 90.0 Å². The molecule has 1 saturated carbocycles. The largest absolute Gasteiger partial charge is 0.454 e. The minimum Gasteiger partial charge on any atom is -0.454 e. The third kappa shape index (κ3) is 3.86. The Labute approximate surface area is 188 Å². The Bertz CT molecular complexity index is 1120. The molecule has 3 aromatic rings. The normalized spacial score (nSPS) is 16.9. The second-order valence-electron chi connectivity index (χ2n) is 8.40. The van der Waals surface area contributed by atoms with Gasteiger partial charge in [-0.15, -0.1) is 0 Å². The van der Waals surface area contributed by atoms with Crippen LogP contribution >= 0.6 is 0 Å². The molecule has 162 valence electrons. The molecule has 5 heteroatoms. The summed E-state index contributed by atoms with van der Waals surface area (Å²) in [6.45, 7) is 0. The summed E-state index contributed by atoms with van der Waals surface area (Å²) in [6.07, 6.45) is 5.40. The highest BCUT2D eigenvalue weighted by Crippen LogP contribution is 2.42. The van der Waals surface area contributed by atoms with Crippen LogP contribution in [0.2, 0.25) is 0 Å². The Morgan fingerprint density at radius 1 is 0.844 bits per heavy atom. The van der Waals surface area contributed by atoms with Crippen molar-refractivity contribution in [3.63, 3.8) is 0 Å². The first-order valence-electron chi connectivity index (χ1n) is 11.3. The number of ether oxygens (including phenoxy) is 1. The molecule has 0 bridgehead atoms. The molecule has 2 amide bonds. The van der Waals surface area contributed by atoms with Gasteiger partial charge in [0.2, 0.25) is 5.91 Å². The molecular weight excluding hydrogens is 400 g/mol. The minimum absolute atomic E-state index is 0.142. The predicted molar refractivity (Wildman–Crippen MR) is 124 cm³/mol. The Morgan fingerprint density at radius 3 is 2.28 bits per heavy atom. The summed E-state index contributed by atoms with van der Waals surface area (Å²) in [5.41, 5.74) is 1.79. The van der Waals surface area contributed by atoms with Gasteiger partial charge in [-0.1, -0.05) is 73.9 Å². The van der Waals surface area contributed by atoms with Crippen molar-refractivity contribution in [2.45, 2.75) is 44.2 Å². The summed E-state index contributed by atoms with van der Waals surface area (Å²) < 4.78 is 6.12. The van der Waals surface area contributed by atoms with Crippen LogP contribution < -0.4 is 15.0 Å². The molecule has 1 aliphatic heterocycles. The number of rotatable bonds is 4. The summed E-state index contributed by atoms with van der Waals surface area (Å²) >= 11 is 0. The smallest absolute Gasteiger partial charge is 0.263 e. The van der Waals surface area contributed by atoms with E-state index in [9.17, 15) is 9.59 Å². The Hall–Kier alpha value is -3.60. The van der Waals surface area contributed by atoms with Crippen LogP contribution in [0, 0.1) is 0 Å². The lowest BCUT2D eigenvalue weighted by molar-refractivity contribution is -0.123. The fourth-order valence-corrected chi connectivity index (χ4v) is 4.67. The molecule has 0 spiro atoms. The molecule has 3 aromatic carbocycles. The molecule has 1 aliphatic carbocycles. The van der Waals surface area contributed by atoms with Crippen LogP contribution in [-0.2, 0) is 4.79 Å². The maximum Gasteiger partial charge on any atom is 0.263 e. The van der Waals surface area contributed by atoms with E-state index >= 15 is 0 Å². The average Bonchev–Trinajstić information content (AvgIpc) is 2.95. The molecule has 1 unspecified atom stereocenters. The zero-order valence-electron chi connectivity index (χ0n) is 17.9. The molecule has 1 N–H and O–H groups in total. The van der Waals surface area contributed by atoms with Gasteiger partial charge >= 0.3 is 0 Å². The summed E-state index contributed by atoms with van der Waals surface area (Å²) in [4.78, 5) is 29.2. The maximum atomic E-state index is 13.9. The van der Waals surface area contributed by atoms with E-state index in [0.717, 1.165) is 31.2 Å². The SMILES string of the molecule is O=C(NC1CCCCC1)C(c1ccccc1)N1C(=O)c2ccccc2Oc2ccccc21. The van der Waals surface area contributed by atoms with Crippen LogP contribution in [0.25, 0.3) is 0 Å². The minimum atomic E-state index is -0.804. The number of fused-ring (bicyclic) bond motifs is 2. The van der Waals surface area contributed by atoms with Gasteiger partial charge in [0.05, 0.1) is 11.3 Å². The van der Waals surface area contributed by atoms with E-state index in [-0.39, 0.29) is 17.9 Å². The van der Waals surface area contributed by atoms with E-state index in [4.69, 9.17) is 4.74 Å². The highest BCUT2D eigenvalue weighted by Gasteiger charge is 2.38. The lowest BCUT2D eigenvalue weighted by atomic mass is 9.94. The number of nitrogens with zero attached hydrogens (tertiary/aromatic N) is 1. The molecule has 5 rings (SSSR count). The van der Waals surface area contributed by atoms with Gasteiger partial charge in [-0.05, 0) is 42.7 Å². The number of anilines is 1. The number of hydrogen-bond acceptors (Lipinski definition) is 3. The van der Waals surface area contributed by atoms with Gasteiger partial charge < -0.3 is 10.1 Å². The zero-order valence-corrected chi connectivity index (χ0v) is 17.9. The second kappa shape index (κ2) is 8.87. The Balaban J connectivity index is 1.62. The number of benzene rings is 3.